The number of carbonyl (C=O) groups excluding carboxylic acids is 1. The van der Waals surface area contributed by atoms with Crippen molar-refractivity contribution in [1.82, 2.24) is 15.0 Å². The Balaban J connectivity index is 1.35. The third-order valence-corrected chi connectivity index (χ3v) is 7.36. The number of amides is 2. The fourth-order valence-electron chi connectivity index (χ4n) is 5.17. The average Bonchev–Trinajstić information content (AvgIpc) is 3.37. The summed E-state index contributed by atoms with van der Waals surface area (Å²) in [5.41, 5.74) is 0.776. The molecule has 1 fully saturated rings. The van der Waals surface area contributed by atoms with Crippen molar-refractivity contribution in [3.8, 4) is 17.0 Å². The standard InChI is InChI=1S/C27H22ClF2N3O7/c1-13(34)32-10-15-8-18(23(26(35)36)22(11-32)33(15)27(37)38)14-2-4-16(5-3-14)39-12-17-9-21(31-40-17)24-19(29)6-7-20(30)25(24)28/h2-7,9,15,22H,8,10-12H2,1H3,(H,35,36)(H,37,38)/t15-,22-/m1/s1. The predicted molar refractivity (Wildman–Crippen MR) is 137 cm³/mol. The van der Waals surface area contributed by atoms with Gasteiger partial charge >= 0.3 is 12.1 Å². The molecular formula is C27H22ClF2N3O7. The van der Waals surface area contributed by atoms with E-state index in [9.17, 15) is 33.4 Å². The number of carboxylic acid groups (broad SMARTS) is 2. The zero-order valence-electron chi connectivity index (χ0n) is 20.9. The molecule has 5 rings (SSSR count). The van der Waals surface area contributed by atoms with Gasteiger partial charge in [0.05, 0.1) is 28.2 Å². The van der Waals surface area contributed by atoms with Crippen LogP contribution in [0.2, 0.25) is 5.02 Å². The van der Waals surface area contributed by atoms with Gasteiger partial charge in [-0.25, -0.2) is 18.4 Å². The summed E-state index contributed by atoms with van der Waals surface area (Å²) in [6, 6.07) is 8.18. The molecule has 0 saturated carbocycles. The van der Waals surface area contributed by atoms with E-state index in [1.54, 1.807) is 24.3 Å². The highest BCUT2D eigenvalue weighted by Gasteiger charge is 2.47. The highest BCUT2D eigenvalue weighted by Crippen LogP contribution is 2.39. The summed E-state index contributed by atoms with van der Waals surface area (Å²) in [5, 5.41) is 23.1. The van der Waals surface area contributed by atoms with Crippen LogP contribution in [-0.2, 0) is 16.2 Å². The van der Waals surface area contributed by atoms with Crippen LogP contribution in [0.4, 0.5) is 13.6 Å². The fourth-order valence-corrected chi connectivity index (χ4v) is 5.42. The summed E-state index contributed by atoms with van der Waals surface area (Å²) < 4.78 is 38.8. The van der Waals surface area contributed by atoms with Crippen molar-refractivity contribution in [3.05, 3.63) is 76.0 Å². The first-order valence-corrected chi connectivity index (χ1v) is 12.5. The molecule has 208 valence electrons. The third kappa shape index (κ3) is 4.97. The van der Waals surface area contributed by atoms with E-state index in [4.69, 9.17) is 20.9 Å². The lowest BCUT2D eigenvalue weighted by Crippen LogP contribution is -2.64. The molecule has 2 atom stereocenters. The van der Waals surface area contributed by atoms with Crippen LogP contribution in [0.25, 0.3) is 16.8 Å². The van der Waals surface area contributed by atoms with Crippen molar-refractivity contribution in [2.75, 3.05) is 13.1 Å². The smallest absolute Gasteiger partial charge is 0.408 e. The zero-order valence-corrected chi connectivity index (χ0v) is 21.7. The van der Waals surface area contributed by atoms with Crippen molar-refractivity contribution < 1.29 is 42.6 Å². The minimum Gasteiger partial charge on any atom is -0.486 e. The van der Waals surface area contributed by atoms with Gasteiger partial charge in [-0.15, -0.1) is 0 Å². The number of hydrogen-bond donors (Lipinski definition) is 2. The fraction of sp³-hybridized carbons (Fsp3) is 0.259. The lowest BCUT2D eigenvalue weighted by atomic mass is 9.82. The molecule has 0 radical (unpaired) electrons. The number of carboxylic acids is 1. The van der Waals surface area contributed by atoms with Crippen molar-refractivity contribution in [3.63, 3.8) is 0 Å². The molecule has 2 amide bonds. The molecular weight excluding hydrogens is 552 g/mol. The highest BCUT2D eigenvalue weighted by atomic mass is 35.5. The van der Waals surface area contributed by atoms with E-state index in [0.717, 1.165) is 17.0 Å². The van der Waals surface area contributed by atoms with Gasteiger partial charge in [0.2, 0.25) is 5.91 Å². The summed E-state index contributed by atoms with van der Waals surface area (Å²) in [6.07, 6.45) is -1.12. The van der Waals surface area contributed by atoms with Crippen LogP contribution in [0.1, 0.15) is 24.7 Å². The van der Waals surface area contributed by atoms with Gasteiger partial charge in [0.15, 0.2) is 5.76 Å². The number of aromatic nitrogens is 1. The van der Waals surface area contributed by atoms with Gasteiger partial charge in [0, 0.05) is 26.1 Å². The van der Waals surface area contributed by atoms with E-state index in [2.05, 4.69) is 5.16 Å². The van der Waals surface area contributed by atoms with Gasteiger partial charge in [-0.05, 0) is 41.8 Å². The second-order valence-corrected chi connectivity index (χ2v) is 9.77. The molecule has 2 aromatic carbocycles. The van der Waals surface area contributed by atoms with Gasteiger partial charge < -0.3 is 24.4 Å². The van der Waals surface area contributed by atoms with Crippen LogP contribution in [0.3, 0.4) is 0 Å². The number of aliphatic carboxylic acids is 1. The number of rotatable bonds is 6. The Morgan fingerprint density at radius 2 is 1.80 bits per heavy atom. The quantitative estimate of drug-likeness (QED) is 0.406. The molecule has 3 heterocycles. The number of carbonyl (C=O) groups is 3. The molecule has 2 bridgehead atoms. The Hall–Kier alpha value is -4.45. The Morgan fingerprint density at radius 1 is 1.10 bits per heavy atom. The minimum absolute atomic E-state index is 0.00526. The Labute approximate surface area is 231 Å². The summed E-state index contributed by atoms with van der Waals surface area (Å²) in [5.74, 6) is -2.44. The van der Waals surface area contributed by atoms with Crippen LogP contribution in [0.15, 0.2) is 52.6 Å². The summed E-state index contributed by atoms with van der Waals surface area (Å²) in [4.78, 5) is 38.8. The topological polar surface area (TPSA) is 133 Å². The monoisotopic (exact) mass is 573 g/mol. The maximum atomic E-state index is 14.2. The van der Waals surface area contributed by atoms with Gasteiger partial charge in [-0.3, -0.25) is 9.69 Å². The molecule has 2 aliphatic heterocycles. The first-order valence-electron chi connectivity index (χ1n) is 12.1. The van der Waals surface area contributed by atoms with Crippen LogP contribution in [0, 0.1) is 11.6 Å². The number of hydrogen-bond acceptors (Lipinski definition) is 6. The first kappa shape index (κ1) is 27.1. The molecule has 0 spiro atoms. The molecule has 1 saturated heterocycles. The van der Waals surface area contributed by atoms with E-state index in [-0.39, 0.29) is 54.6 Å². The van der Waals surface area contributed by atoms with E-state index in [1.807, 2.05) is 0 Å². The largest absolute Gasteiger partial charge is 0.486 e. The van der Waals surface area contributed by atoms with Crippen LogP contribution in [-0.4, -0.2) is 68.3 Å². The second-order valence-electron chi connectivity index (χ2n) is 9.39. The van der Waals surface area contributed by atoms with Crippen LogP contribution in [0.5, 0.6) is 5.75 Å². The molecule has 13 heteroatoms. The lowest BCUT2D eigenvalue weighted by Gasteiger charge is -2.49. The first-order chi connectivity index (χ1) is 19.0. The normalized spacial score (nSPS) is 18.6. The summed E-state index contributed by atoms with van der Waals surface area (Å²) in [7, 11) is 0. The summed E-state index contributed by atoms with van der Waals surface area (Å²) in [6.45, 7) is 1.39. The third-order valence-electron chi connectivity index (χ3n) is 6.99. The van der Waals surface area contributed by atoms with Crippen molar-refractivity contribution >= 4 is 35.1 Å². The SMILES string of the molecule is CC(=O)N1C[C@H]2CC(c3ccc(OCc4cc(-c5c(F)ccc(F)c5Cl)no4)cc3)=C(C(=O)O)[C@@H](C1)N2C(=O)O. The number of ether oxygens (including phenoxy) is 1. The zero-order chi connectivity index (χ0) is 28.7. The number of piperazine rings is 1. The molecule has 10 nitrogen and oxygen atoms in total. The van der Waals surface area contributed by atoms with Crippen LogP contribution < -0.4 is 4.74 Å². The van der Waals surface area contributed by atoms with E-state index < -0.39 is 40.8 Å². The van der Waals surface area contributed by atoms with E-state index in [1.165, 1.54) is 17.9 Å². The predicted octanol–water partition coefficient (Wildman–Crippen LogP) is 4.67. The molecule has 1 aromatic heterocycles. The summed E-state index contributed by atoms with van der Waals surface area (Å²) >= 11 is 5.88. The van der Waals surface area contributed by atoms with Crippen molar-refractivity contribution in [2.45, 2.75) is 32.0 Å². The van der Waals surface area contributed by atoms with Crippen LogP contribution >= 0.6 is 11.6 Å². The van der Waals surface area contributed by atoms with Gasteiger partial charge in [-0.1, -0.05) is 28.9 Å². The molecule has 40 heavy (non-hydrogen) atoms. The second kappa shape index (κ2) is 10.6. The van der Waals surface area contributed by atoms with Gasteiger partial charge in [0.1, 0.15) is 29.7 Å². The average molecular weight is 574 g/mol. The maximum absolute atomic E-state index is 14.2. The maximum Gasteiger partial charge on any atom is 0.408 e. The van der Waals surface area contributed by atoms with Crippen molar-refractivity contribution in [2.24, 2.45) is 0 Å². The molecule has 2 N–H and O–H groups in total. The van der Waals surface area contributed by atoms with E-state index >= 15 is 0 Å². The number of nitrogens with zero attached hydrogens (tertiary/aromatic N) is 3. The van der Waals surface area contributed by atoms with Gasteiger partial charge in [0.25, 0.3) is 0 Å². The highest BCUT2D eigenvalue weighted by molar-refractivity contribution is 6.33. The van der Waals surface area contributed by atoms with Gasteiger partial charge in [-0.2, -0.15) is 0 Å². The van der Waals surface area contributed by atoms with E-state index in [0.29, 0.717) is 16.9 Å². The number of fused-ring (bicyclic) bond motifs is 2. The minimum atomic E-state index is -1.26. The Morgan fingerprint density at radius 3 is 2.45 bits per heavy atom. The number of benzene rings is 2. The van der Waals surface area contributed by atoms with Crippen molar-refractivity contribution in [1.29, 1.82) is 0 Å². The molecule has 0 aliphatic carbocycles. The molecule has 0 unspecified atom stereocenters. The lowest BCUT2D eigenvalue weighted by molar-refractivity contribution is -0.137. The molecule has 2 aliphatic rings. The Bertz CT molecular complexity index is 1540. The molecule has 3 aromatic rings. The number of halogens is 3. The Kier molecular flexibility index (Phi) is 7.19.